The molecule has 0 spiro atoms. The van der Waals surface area contributed by atoms with Crippen molar-refractivity contribution in [3.8, 4) is 11.3 Å². The van der Waals surface area contributed by atoms with E-state index in [9.17, 15) is 9.59 Å². The van der Waals surface area contributed by atoms with Gasteiger partial charge in [-0.1, -0.05) is 54.0 Å². The lowest BCUT2D eigenvalue weighted by Crippen LogP contribution is -2.23. The van der Waals surface area contributed by atoms with Gasteiger partial charge >= 0.3 is 0 Å². The Morgan fingerprint density at radius 3 is 2.55 bits per heavy atom. The fraction of sp³-hybridized carbons (Fsp3) is 0.167. The normalized spacial score (nSPS) is 11.6. The van der Waals surface area contributed by atoms with Crippen LogP contribution in [0, 0.1) is 0 Å². The Hall–Kier alpha value is -3.32. The third-order valence-electron chi connectivity index (χ3n) is 4.85. The molecule has 0 amide bonds. The molecule has 156 valence electrons. The van der Waals surface area contributed by atoms with E-state index in [1.807, 2.05) is 44.2 Å². The van der Waals surface area contributed by atoms with Gasteiger partial charge in [0.2, 0.25) is 0 Å². The first-order valence-electron chi connectivity index (χ1n) is 9.81. The summed E-state index contributed by atoms with van der Waals surface area (Å²) < 4.78 is 7.99. The largest absolute Gasteiger partial charge is 0.455 e. The van der Waals surface area contributed by atoms with Gasteiger partial charge in [-0.05, 0) is 37.3 Å². The average Bonchev–Trinajstić information content (AvgIpc) is 3.22. The zero-order valence-electron chi connectivity index (χ0n) is 17.3. The topological polar surface area (TPSA) is 77.5 Å². The van der Waals surface area contributed by atoms with E-state index in [0.717, 1.165) is 10.0 Å². The van der Waals surface area contributed by atoms with Crippen molar-refractivity contribution in [2.45, 2.75) is 26.7 Å². The van der Waals surface area contributed by atoms with Gasteiger partial charge in [-0.2, -0.15) is 9.78 Å². The van der Waals surface area contributed by atoms with E-state index < -0.39 is 0 Å². The number of carbonyl (C=O) groups is 1. The average molecular weight is 478 g/mol. The standard InChI is InChI=1S/C24H20BrN3O3/c1-14(2)23-27-21-10-8-18(25)12-20(21)24(30)28(23)26-13-19-9-11-22(31-19)17-6-4-16(5-7-17)15(3)29/h4-14H,1-3H3. The van der Waals surface area contributed by atoms with E-state index in [-0.39, 0.29) is 17.3 Å². The van der Waals surface area contributed by atoms with Crippen LogP contribution in [0.15, 0.2) is 73.4 Å². The number of halogens is 1. The minimum Gasteiger partial charge on any atom is -0.455 e. The van der Waals surface area contributed by atoms with Gasteiger partial charge in [0.05, 0.1) is 17.1 Å². The van der Waals surface area contributed by atoms with Gasteiger partial charge < -0.3 is 4.42 Å². The van der Waals surface area contributed by atoms with Crippen LogP contribution in [0.3, 0.4) is 0 Å². The molecule has 0 aliphatic carbocycles. The van der Waals surface area contributed by atoms with Crippen molar-refractivity contribution in [1.82, 2.24) is 9.66 Å². The van der Waals surface area contributed by atoms with Crippen LogP contribution in [0.1, 0.15) is 48.6 Å². The zero-order chi connectivity index (χ0) is 22.1. The van der Waals surface area contributed by atoms with Gasteiger partial charge in [0.15, 0.2) is 5.78 Å². The van der Waals surface area contributed by atoms with Crippen molar-refractivity contribution in [1.29, 1.82) is 0 Å². The highest BCUT2D eigenvalue weighted by atomic mass is 79.9. The molecule has 0 bridgehead atoms. The predicted molar refractivity (Wildman–Crippen MR) is 125 cm³/mol. The van der Waals surface area contributed by atoms with Crippen molar-refractivity contribution in [3.63, 3.8) is 0 Å². The quantitative estimate of drug-likeness (QED) is 0.275. The van der Waals surface area contributed by atoms with Crippen LogP contribution in [0.4, 0.5) is 0 Å². The van der Waals surface area contributed by atoms with Crippen LogP contribution in [-0.4, -0.2) is 21.7 Å². The number of carbonyl (C=O) groups excluding carboxylic acids is 1. The number of aromatic nitrogens is 2. The fourth-order valence-corrected chi connectivity index (χ4v) is 3.57. The Bertz CT molecular complexity index is 1370. The summed E-state index contributed by atoms with van der Waals surface area (Å²) in [5.74, 6) is 1.74. The van der Waals surface area contributed by atoms with Crippen molar-refractivity contribution in [3.05, 3.63) is 86.6 Å². The molecular weight excluding hydrogens is 458 g/mol. The summed E-state index contributed by atoms with van der Waals surface area (Å²) in [6, 6.07) is 16.2. The van der Waals surface area contributed by atoms with Crippen molar-refractivity contribution >= 4 is 38.8 Å². The Morgan fingerprint density at radius 1 is 1.13 bits per heavy atom. The molecule has 0 saturated heterocycles. The maximum absolute atomic E-state index is 13.1. The van der Waals surface area contributed by atoms with Gasteiger partial charge in [0.25, 0.3) is 5.56 Å². The Morgan fingerprint density at radius 2 is 1.87 bits per heavy atom. The van der Waals surface area contributed by atoms with E-state index >= 15 is 0 Å². The highest BCUT2D eigenvalue weighted by Gasteiger charge is 2.14. The first kappa shape index (κ1) is 20.9. The lowest BCUT2D eigenvalue weighted by Gasteiger charge is -2.11. The summed E-state index contributed by atoms with van der Waals surface area (Å²) in [7, 11) is 0. The van der Waals surface area contributed by atoms with Crippen molar-refractivity contribution in [2.75, 3.05) is 0 Å². The number of nitrogens with zero attached hydrogens (tertiary/aromatic N) is 3. The molecule has 4 aromatic rings. The minimum absolute atomic E-state index is 0.00449. The van der Waals surface area contributed by atoms with Crippen LogP contribution in [0.2, 0.25) is 0 Å². The summed E-state index contributed by atoms with van der Waals surface area (Å²) in [5, 5.41) is 4.87. The van der Waals surface area contributed by atoms with E-state index in [4.69, 9.17) is 4.42 Å². The molecule has 0 aliphatic heterocycles. The molecule has 7 heteroatoms. The van der Waals surface area contributed by atoms with E-state index in [1.165, 1.54) is 17.8 Å². The first-order chi connectivity index (χ1) is 14.8. The van der Waals surface area contributed by atoms with Crippen LogP contribution in [0.5, 0.6) is 0 Å². The van der Waals surface area contributed by atoms with E-state index in [1.54, 1.807) is 24.3 Å². The smallest absolute Gasteiger partial charge is 0.282 e. The lowest BCUT2D eigenvalue weighted by molar-refractivity contribution is 0.101. The second kappa shape index (κ2) is 8.43. The second-order valence-electron chi connectivity index (χ2n) is 7.48. The Balaban J connectivity index is 1.70. The number of furan rings is 1. The monoisotopic (exact) mass is 477 g/mol. The molecule has 2 heterocycles. The molecule has 6 nitrogen and oxygen atoms in total. The van der Waals surface area contributed by atoms with Crippen LogP contribution in [-0.2, 0) is 0 Å². The molecule has 4 rings (SSSR count). The third-order valence-corrected chi connectivity index (χ3v) is 5.35. The molecule has 0 unspecified atom stereocenters. The maximum atomic E-state index is 13.1. The zero-order valence-corrected chi connectivity index (χ0v) is 18.9. The molecule has 0 radical (unpaired) electrons. The molecule has 0 aliphatic rings. The Labute approximate surface area is 187 Å². The summed E-state index contributed by atoms with van der Waals surface area (Å²) in [6.45, 7) is 5.46. The maximum Gasteiger partial charge on any atom is 0.282 e. The van der Waals surface area contributed by atoms with Crippen molar-refractivity contribution < 1.29 is 9.21 Å². The number of ketones is 1. The van der Waals surface area contributed by atoms with Gasteiger partial charge in [-0.15, -0.1) is 0 Å². The molecule has 0 saturated carbocycles. The first-order valence-corrected chi connectivity index (χ1v) is 10.6. The van der Waals surface area contributed by atoms with E-state index in [0.29, 0.717) is 33.8 Å². The lowest BCUT2D eigenvalue weighted by atomic mass is 10.1. The van der Waals surface area contributed by atoms with Gasteiger partial charge in [0, 0.05) is 21.5 Å². The van der Waals surface area contributed by atoms with Gasteiger partial charge in [-0.25, -0.2) is 4.98 Å². The summed E-state index contributed by atoms with van der Waals surface area (Å²) in [6.07, 6.45) is 1.51. The fourth-order valence-electron chi connectivity index (χ4n) is 3.21. The molecule has 0 atom stereocenters. The van der Waals surface area contributed by atoms with Crippen LogP contribution >= 0.6 is 15.9 Å². The number of Topliss-reactive ketones (excluding diaryl/α,β-unsaturated/α-hetero) is 1. The summed E-state index contributed by atoms with van der Waals surface area (Å²) >= 11 is 3.40. The number of hydrogen-bond acceptors (Lipinski definition) is 5. The van der Waals surface area contributed by atoms with Crippen LogP contribution < -0.4 is 5.56 Å². The minimum atomic E-state index is -0.238. The number of fused-ring (bicyclic) bond motifs is 1. The second-order valence-corrected chi connectivity index (χ2v) is 8.40. The molecular formula is C24H20BrN3O3. The molecule has 2 aromatic carbocycles. The summed E-state index contributed by atoms with van der Waals surface area (Å²) in [4.78, 5) is 29.1. The third kappa shape index (κ3) is 4.27. The summed E-state index contributed by atoms with van der Waals surface area (Å²) in [5.41, 5.74) is 1.89. The number of rotatable bonds is 5. The van der Waals surface area contributed by atoms with Gasteiger partial charge in [0.1, 0.15) is 17.3 Å². The highest BCUT2D eigenvalue weighted by molar-refractivity contribution is 9.10. The van der Waals surface area contributed by atoms with Crippen LogP contribution in [0.25, 0.3) is 22.2 Å². The Kier molecular flexibility index (Phi) is 5.69. The van der Waals surface area contributed by atoms with Crippen molar-refractivity contribution in [2.24, 2.45) is 5.10 Å². The van der Waals surface area contributed by atoms with E-state index in [2.05, 4.69) is 26.0 Å². The molecule has 31 heavy (non-hydrogen) atoms. The molecule has 0 N–H and O–H groups in total. The molecule has 0 fully saturated rings. The number of benzene rings is 2. The number of hydrogen-bond donors (Lipinski definition) is 0. The highest BCUT2D eigenvalue weighted by Crippen LogP contribution is 2.23. The molecule has 2 aromatic heterocycles. The SMILES string of the molecule is CC(=O)c1ccc(-c2ccc(C=Nn3c(C(C)C)nc4ccc(Br)cc4c3=O)o2)cc1. The predicted octanol–water partition coefficient (Wildman–Crippen LogP) is 5.63. The van der Waals surface area contributed by atoms with Gasteiger partial charge in [-0.3, -0.25) is 9.59 Å².